The zero-order valence-corrected chi connectivity index (χ0v) is 17.2. The zero-order chi connectivity index (χ0) is 19.3. The van der Waals surface area contributed by atoms with E-state index >= 15 is 0 Å². The number of nitrogens with zero attached hydrogens (tertiary/aromatic N) is 1. The number of urea groups is 1. The van der Waals surface area contributed by atoms with E-state index in [1.54, 1.807) is 0 Å². The third kappa shape index (κ3) is 5.45. The van der Waals surface area contributed by atoms with E-state index in [0.717, 1.165) is 32.0 Å². The summed E-state index contributed by atoms with van der Waals surface area (Å²) in [5.41, 5.74) is 3.28. The van der Waals surface area contributed by atoms with Crippen LogP contribution >= 0.6 is 0 Å². The Morgan fingerprint density at radius 3 is 2.38 bits per heavy atom. The van der Waals surface area contributed by atoms with E-state index in [-0.39, 0.29) is 11.6 Å². The number of amides is 2. The van der Waals surface area contributed by atoms with Crippen molar-refractivity contribution in [1.29, 1.82) is 0 Å². The van der Waals surface area contributed by atoms with E-state index in [1.807, 2.05) is 6.07 Å². The molecule has 2 N–H and O–H groups in total. The maximum atomic E-state index is 12.5. The number of hydrogen-bond donors (Lipinski definition) is 2. The predicted octanol–water partition coefficient (Wildman–Crippen LogP) is 4.17. The van der Waals surface area contributed by atoms with Gasteiger partial charge in [0.1, 0.15) is 0 Å². The highest BCUT2D eigenvalue weighted by Crippen LogP contribution is 2.28. The molecule has 0 bridgehead atoms. The largest absolute Gasteiger partial charge is 0.379 e. The van der Waals surface area contributed by atoms with E-state index in [0.29, 0.717) is 18.4 Å². The molecule has 1 aliphatic rings. The first-order valence-corrected chi connectivity index (χ1v) is 9.72. The number of morpholine rings is 1. The lowest BCUT2D eigenvalue weighted by atomic mass is 9.94. The summed E-state index contributed by atoms with van der Waals surface area (Å²) in [7, 11) is 0. The molecular formula is C21H35N3O2. The molecule has 5 heteroatoms. The average molecular weight is 362 g/mol. The zero-order valence-electron chi connectivity index (χ0n) is 17.2. The highest BCUT2D eigenvalue weighted by atomic mass is 16.5. The fraction of sp³-hybridized carbons (Fsp3) is 0.667. The van der Waals surface area contributed by atoms with Crippen molar-refractivity contribution in [2.24, 2.45) is 0 Å². The first-order valence-electron chi connectivity index (χ1n) is 9.72. The summed E-state index contributed by atoms with van der Waals surface area (Å²) in [6.45, 7) is 16.9. The summed E-state index contributed by atoms with van der Waals surface area (Å²) in [4.78, 5) is 14.8. The molecule has 0 saturated carbocycles. The van der Waals surface area contributed by atoms with E-state index in [1.165, 1.54) is 11.1 Å². The van der Waals surface area contributed by atoms with Gasteiger partial charge in [0, 0.05) is 30.9 Å². The molecule has 1 fully saturated rings. The summed E-state index contributed by atoms with van der Waals surface area (Å²) in [6, 6.07) is 6.19. The summed E-state index contributed by atoms with van der Waals surface area (Å²) in [5.74, 6) is 0.832. The summed E-state index contributed by atoms with van der Waals surface area (Å²) in [5, 5.41) is 6.08. The van der Waals surface area contributed by atoms with Gasteiger partial charge in [0.05, 0.1) is 13.2 Å². The van der Waals surface area contributed by atoms with Gasteiger partial charge >= 0.3 is 6.03 Å². The summed E-state index contributed by atoms with van der Waals surface area (Å²) in [6.07, 6.45) is 0. The third-order valence-electron chi connectivity index (χ3n) is 5.16. The molecule has 1 heterocycles. The van der Waals surface area contributed by atoms with Crippen molar-refractivity contribution in [3.05, 3.63) is 29.3 Å². The number of carbonyl (C=O) groups is 1. The number of rotatable bonds is 6. The minimum Gasteiger partial charge on any atom is -0.379 e. The highest BCUT2D eigenvalue weighted by Gasteiger charge is 2.28. The van der Waals surface area contributed by atoms with E-state index in [9.17, 15) is 4.79 Å². The van der Waals surface area contributed by atoms with Crippen LogP contribution in [0.2, 0.25) is 0 Å². The lowest BCUT2D eigenvalue weighted by molar-refractivity contribution is -0.00863. The van der Waals surface area contributed by atoms with Crippen LogP contribution in [0.3, 0.4) is 0 Å². The van der Waals surface area contributed by atoms with Gasteiger partial charge in [0.15, 0.2) is 0 Å². The predicted molar refractivity (Wildman–Crippen MR) is 108 cm³/mol. The molecular weight excluding hydrogens is 326 g/mol. The van der Waals surface area contributed by atoms with Gasteiger partial charge in [0.2, 0.25) is 0 Å². The fourth-order valence-corrected chi connectivity index (χ4v) is 3.28. The van der Waals surface area contributed by atoms with Crippen LogP contribution in [0.5, 0.6) is 0 Å². The second-order valence-corrected chi connectivity index (χ2v) is 8.38. The Labute approximate surface area is 158 Å². The van der Waals surface area contributed by atoms with Crippen molar-refractivity contribution in [1.82, 2.24) is 10.2 Å². The number of carbonyl (C=O) groups excluding carboxylic acids is 1. The van der Waals surface area contributed by atoms with E-state index < -0.39 is 0 Å². The van der Waals surface area contributed by atoms with Gasteiger partial charge in [-0.15, -0.1) is 0 Å². The van der Waals surface area contributed by atoms with Gasteiger partial charge in [-0.25, -0.2) is 4.79 Å². The van der Waals surface area contributed by atoms with Crippen LogP contribution in [0.1, 0.15) is 64.5 Å². The van der Waals surface area contributed by atoms with Crippen LogP contribution in [-0.4, -0.2) is 49.3 Å². The van der Waals surface area contributed by atoms with E-state index in [4.69, 9.17) is 4.74 Å². The maximum Gasteiger partial charge on any atom is 0.319 e. The lowest BCUT2D eigenvalue weighted by Gasteiger charge is -2.40. The molecule has 0 radical (unpaired) electrons. The van der Waals surface area contributed by atoms with Crippen LogP contribution in [0.4, 0.5) is 10.5 Å². The normalized spacial score (nSPS) is 16.2. The quantitative estimate of drug-likeness (QED) is 0.800. The van der Waals surface area contributed by atoms with Crippen LogP contribution < -0.4 is 10.6 Å². The minimum atomic E-state index is -0.148. The van der Waals surface area contributed by atoms with Crippen molar-refractivity contribution in [2.45, 2.75) is 58.9 Å². The standard InChI is InChI=1S/C21H35N3O2/c1-15(2)17-7-8-19(18(13-17)16(3)4)23-20(25)22-14-21(5,6)24-9-11-26-12-10-24/h7-8,13,15-16H,9-12,14H2,1-6H3,(H2,22,23,25). The highest BCUT2D eigenvalue weighted by molar-refractivity contribution is 5.90. The Morgan fingerprint density at radius 2 is 1.81 bits per heavy atom. The molecule has 1 aromatic carbocycles. The van der Waals surface area contributed by atoms with Crippen LogP contribution in [0.25, 0.3) is 0 Å². The number of nitrogens with one attached hydrogen (secondary N) is 2. The Kier molecular flexibility index (Phi) is 7.07. The Morgan fingerprint density at radius 1 is 1.15 bits per heavy atom. The van der Waals surface area contributed by atoms with Crippen molar-refractivity contribution < 1.29 is 9.53 Å². The summed E-state index contributed by atoms with van der Waals surface area (Å²) < 4.78 is 5.42. The van der Waals surface area contributed by atoms with Crippen LogP contribution in [-0.2, 0) is 4.74 Å². The SMILES string of the molecule is CC(C)c1ccc(NC(=O)NCC(C)(C)N2CCOCC2)c(C(C)C)c1. The fourth-order valence-electron chi connectivity index (χ4n) is 3.28. The van der Waals surface area contributed by atoms with Gasteiger partial charge < -0.3 is 15.4 Å². The molecule has 1 aromatic rings. The first-order chi connectivity index (χ1) is 12.2. The Balaban J connectivity index is 1.98. The summed E-state index contributed by atoms with van der Waals surface area (Å²) >= 11 is 0. The number of hydrogen-bond acceptors (Lipinski definition) is 3. The van der Waals surface area contributed by atoms with Gasteiger partial charge in [-0.2, -0.15) is 0 Å². The van der Waals surface area contributed by atoms with Gasteiger partial charge in [-0.05, 0) is 42.9 Å². The van der Waals surface area contributed by atoms with E-state index in [2.05, 4.69) is 69.2 Å². The molecule has 5 nitrogen and oxygen atoms in total. The van der Waals surface area contributed by atoms with Crippen LogP contribution in [0, 0.1) is 0 Å². The number of benzene rings is 1. The van der Waals surface area contributed by atoms with Gasteiger partial charge in [-0.1, -0.05) is 39.8 Å². The van der Waals surface area contributed by atoms with Gasteiger partial charge in [-0.3, -0.25) is 4.90 Å². The molecule has 26 heavy (non-hydrogen) atoms. The van der Waals surface area contributed by atoms with Crippen molar-refractivity contribution in [3.63, 3.8) is 0 Å². The van der Waals surface area contributed by atoms with Crippen molar-refractivity contribution in [2.75, 3.05) is 38.2 Å². The Hall–Kier alpha value is -1.59. The second kappa shape index (κ2) is 8.87. The number of ether oxygens (including phenoxy) is 1. The average Bonchev–Trinajstić information content (AvgIpc) is 2.61. The molecule has 0 unspecified atom stereocenters. The molecule has 0 atom stereocenters. The molecule has 146 valence electrons. The van der Waals surface area contributed by atoms with Crippen molar-refractivity contribution >= 4 is 11.7 Å². The molecule has 1 saturated heterocycles. The monoisotopic (exact) mass is 361 g/mol. The minimum absolute atomic E-state index is 0.0938. The molecule has 1 aliphatic heterocycles. The second-order valence-electron chi connectivity index (χ2n) is 8.38. The molecule has 2 amide bonds. The first kappa shape index (κ1) is 20.7. The third-order valence-corrected chi connectivity index (χ3v) is 5.16. The smallest absolute Gasteiger partial charge is 0.319 e. The molecule has 2 rings (SSSR count). The maximum absolute atomic E-state index is 12.5. The Bertz CT molecular complexity index is 605. The van der Waals surface area contributed by atoms with Gasteiger partial charge in [0.25, 0.3) is 0 Å². The molecule has 0 aromatic heterocycles. The topological polar surface area (TPSA) is 53.6 Å². The van der Waals surface area contributed by atoms with Crippen molar-refractivity contribution in [3.8, 4) is 0 Å². The number of anilines is 1. The molecule has 0 aliphatic carbocycles. The molecule has 0 spiro atoms. The van der Waals surface area contributed by atoms with Crippen LogP contribution in [0.15, 0.2) is 18.2 Å². The lowest BCUT2D eigenvalue weighted by Crippen LogP contribution is -2.55.